The fraction of sp³-hybridized carbons (Fsp3) is 0.176. The number of hydrogen-bond donors (Lipinski definition) is 3. The van der Waals surface area contributed by atoms with Gasteiger partial charge in [-0.2, -0.15) is 5.10 Å². The van der Waals surface area contributed by atoms with Crippen molar-refractivity contribution >= 4 is 17.8 Å². The Morgan fingerprint density at radius 1 is 1.18 bits per heavy atom. The minimum absolute atomic E-state index is 0.120. The number of amides is 1. The van der Waals surface area contributed by atoms with Crippen molar-refractivity contribution in [1.29, 1.82) is 0 Å². The minimum Gasteiger partial charge on any atom is -0.507 e. The lowest BCUT2D eigenvalue weighted by atomic mass is 10.2. The maximum absolute atomic E-state index is 12.1. The van der Waals surface area contributed by atoms with Crippen molar-refractivity contribution in [3.8, 4) is 5.75 Å². The van der Waals surface area contributed by atoms with Crippen molar-refractivity contribution in [2.24, 2.45) is 5.10 Å². The summed E-state index contributed by atoms with van der Waals surface area (Å²) in [6, 6.07) is 16.0. The summed E-state index contributed by atoms with van der Waals surface area (Å²) in [5.74, 6) is -0.104. The van der Waals surface area contributed by atoms with Crippen molar-refractivity contribution in [2.45, 2.75) is 19.4 Å². The summed E-state index contributed by atoms with van der Waals surface area (Å²) >= 11 is 0. The molecule has 0 fully saturated rings. The molecular formula is C17H19N3O2. The van der Waals surface area contributed by atoms with E-state index >= 15 is 0 Å². The third-order valence-corrected chi connectivity index (χ3v) is 3.15. The zero-order valence-electron chi connectivity index (χ0n) is 12.4. The number of benzene rings is 2. The van der Waals surface area contributed by atoms with E-state index < -0.39 is 0 Å². The maximum atomic E-state index is 12.1. The molecule has 5 heteroatoms. The molecule has 0 spiro atoms. The van der Waals surface area contributed by atoms with Crippen LogP contribution in [0.4, 0.5) is 5.69 Å². The van der Waals surface area contributed by atoms with Crippen LogP contribution < -0.4 is 10.7 Å². The molecule has 114 valence electrons. The van der Waals surface area contributed by atoms with Gasteiger partial charge in [-0.25, -0.2) is 5.43 Å². The first-order valence-corrected chi connectivity index (χ1v) is 7.13. The number of nitrogens with zero attached hydrogens (tertiary/aromatic N) is 1. The van der Waals surface area contributed by atoms with E-state index in [1.54, 1.807) is 24.3 Å². The number of para-hydroxylation sites is 2. The smallest absolute Gasteiger partial charge is 0.262 e. The van der Waals surface area contributed by atoms with Crippen LogP contribution in [0.3, 0.4) is 0 Å². The van der Waals surface area contributed by atoms with Gasteiger partial charge in [-0.3, -0.25) is 4.79 Å². The number of anilines is 1. The molecule has 2 rings (SSSR count). The number of hydrogen-bond acceptors (Lipinski definition) is 4. The Kier molecular flexibility index (Phi) is 5.54. The Bertz CT molecular complexity index is 641. The molecule has 1 amide bonds. The normalized spacial score (nSPS) is 12.0. The molecule has 0 unspecified atom stereocenters. The van der Waals surface area contributed by atoms with E-state index in [1.165, 1.54) is 6.21 Å². The third-order valence-electron chi connectivity index (χ3n) is 3.15. The Labute approximate surface area is 129 Å². The first-order chi connectivity index (χ1) is 10.7. The quantitative estimate of drug-likeness (QED) is 0.567. The average Bonchev–Trinajstić information content (AvgIpc) is 2.55. The molecule has 0 bridgehead atoms. The Morgan fingerprint density at radius 2 is 1.86 bits per heavy atom. The number of hydrazone groups is 1. The fourth-order valence-corrected chi connectivity index (χ4v) is 1.93. The van der Waals surface area contributed by atoms with Crippen LogP contribution in [0.1, 0.15) is 18.9 Å². The van der Waals surface area contributed by atoms with Gasteiger partial charge >= 0.3 is 0 Å². The second-order valence-electron chi connectivity index (χ2n) is 4.76. The molecule has 22 heavy (non-hydrogen) atoms. The van der Waals surface area contributed by atoms with Crippen molar-refractivity contribution in [2.75, 3.05) is 5.32 Å². The predicted octanol–water partition coefficient (Wildman–Crippen LogP) is 2.73. The van der Waals surface area contributed by atoms with Gasteiger partial charge < -0.3 is 10.4 Å². The highest BCUT2D eigenvalue weighted by Gasteiger charge is 2.15. The van der Waals surface area contributed by atoms with Gasteiger partial charge in [-0.1, -0.05) is 37.3 Å². The molecule has 0 aromatic heterocycles. The van der Waals surface area contributed by atoms with Crippen LogP contribution in [0.2, 0.25) is 0 Å². The highest BCUT2D eigenvalue weighted by molar-refractivity contribution is 5.87. The van der Waals surface area contributed by atoms with Crippen molar-refractivity contribution < 1.29 is 9.90 Å². The second kappa shape index (κ2) is 7.83. The van der Waals surface area contributed by atoms with Gasteiger partial charge in [-0.05, 0) is 30.7 Å². The zero-order chi connectivity index (χ0) is 15.8. The lowest BCUT2D eigenvalue weighted by Gasteiger charge is -2.16. The molecule has 0 saturated carbocycles. The lowest BCUT2D eigenvalue weighted by Crippen LogP contribution is -2.36. The van der Waals surface area contributed by atoms with E-state index in [0.29, 0.717) is 12.0 Å². The molecule has 0 heterocycles. The molecule has 0 aliphatic carbocycles. The number of carbonyl (C=O) groups excluding carboxylic acids is 1. The van der Waals surface area contributed by atoms with Crippen LogP contribution in [-0.2, 0) is 4.79 Å². The Balaban J connectivity index is 1.94. The highest BCUT2D eigenvalue weighted by Crippen LogP contribution is 2.12. The van der Waals surface area contributed by atoms with Gasteiger partial charge in [0.25, 0.3) is 5.91 Å². The maximum Gasteiger partial charge on any atom is 0.262 e. The van der Waals surface area contributed by atoms with E-state index in [9.17, 15) is 9.90 Å². The molecular weight excluding hydrogens is 278 g/mol. The largest absolute Gasteiger partial charge is 0.507 e. The van der Waals surface area contributed by atoms with Crippen LogP contribution in [0, 0.1) is 0 Å². The SMILES string of the molecule is CC[C@H](Nc1ccccc1)C(=O)N/N=C\c1ccccc1O. The predicted molar refractivity (Wildman–Crippen MR) is 88.0 cm³/mol. The number of rotatable bonds is 6. The number of carbonyl (C=O) groups is 1. The lowest BCUT2D eigenvalue weighted by molar-refractivity contribution is -0.121. The fourth-order valence-electron chi connectivity index (χ4n) is 1.93. The zero-order valence-corrected chi connectivity index (χ0v) is 12.4. The highest BCUT2D eigenvalue weighted by atomic mass is 16.3. The van der Waals surface area contributed by atoms with Gasteiger partial charge in [0.2, 0.25) is 0 Å². The summed E-state index contributed by atoms with van der Waals surface area (Å²) in [5, 5.41) is 16.7. The van der Waals surface area contributed by atoms with Crippen LogP contribution in [0.15, 0.2) is 59.7 Å². The molecule has 1 atom stereocenters. The van der Waals surface area contributed by atoms with E-state index in [2.05, 4.69) is 15.8 Å². The van der Waals surface area contributed by atoms with E-state index in [1.807, 2.05) is 37.3 Å². The van der Waals surface area contributed by atoms with Gasteiger partial charge in [0, 0.05) is 11.3 Å². The van der Waals surface area contributed by atoms with Crippen LogP contribution in [0.25, 0.3) is 0 Å². The van der Waals surface area contributed by atoms with E-state index in [0.717, 1.165) is 5.69 Å². The summed E-state index contributed by atoms with van der Waals surface area (Å²) in [5.41, 5.74) is 3.92. The van der Waals surface area contributed by atoms with Crippen molar-refractivity contribution in [1.82, 2.24) is 5.43 Å². The van der Waals surface area contributed by atoms with E-state index in [-0.39, 0.29) is 17.7 Å². The first kappa shape index (κ1) is 15.6. The van der Waals surface area contributed by atoms with Gasteiger partial charge in [0.1, 0.15) is 11.8 Å². The van der Waals surface area contributed by atoms with Gasteiger partial charge in [0.15, 0.2) is 0 Å². The van der Waals surface area contributed by atoms with Crippen molar-refractivity contribution in [3.63, 3.8) is 0 Å². The molecule has 5 nitrogen and oxygen atoms in total. The molecule has 3 N–H and O–H groups in total. The summed E-state index contributed by atoms with van der Waals surface area (Å²) in [7, 11) is 0. The number of nitrogens with one attached hydrogen (secondary N) is 2. The Hall–Kier alpha value is -2.82. The average molecular weight is 297 g/mol. The number of aromatic hydroxyl groups is 1. The molecule has 2 aromatic carbocycles. The van der Waals surface area contributed by atoms with Crippen LogP contribution in [0.5, 0.6) is 5.75 Å². The van der Waals surface area contributed by atoms with E-state index in [4.69, 9.17) is 0 Å². The topological polar surface area (TPSA) is 73.7 Å². The summed E-state index contributed by atoms with van der Waals surface area (Å²) in [4.78, 5) is 12.1. The summed E-state index contributed by atoms with van der Waals surface area (Å²) < 4.78 is 0. The van der Waals surface area contributed by atoms with Gasteiger partial charge in [-0.15, -0.1) is 0 Å². The molecule has 0 saturated heterocycles. The standard InChI is InChI=1S/C17H19N3O2/c1-2-15(19-14-9-4-3-5-10-14)17(22)20-18-12-13-8-6-7-11-16(13)21/h3-12,15,19,21H,2H2,1H3,(H,20,22)/b18-12-/t15-/m0/s1. The first-order valence-electron chi connectivity index (χ1n) is 7.13. The van der Waals surface area contributed by atoms with Gasteiger partial charge in [0.05, 0.1) is 6.21 Å². The number of phenols is 1. The summed E-state index contributed by atoms with van der Waals surface area (Å²) in [6.45, 7) is 1.92. The number of phenolic OH excluding ortho intramolecular Hbond substituents is 1. The minimum atomic E-state index is -0.371. The summed E-state index contributed by atoms with van der Waals surface area (Å²) in [6.07, 6.45) is 2.05. The Morgan fingerprint density at radius 3 is 2.55 bits per heavy atom. The second-order valence-corrected chi connectivity index (χ2v) is 4.76. The van der Waals surface area contributed by atoms with Crippen molar-refractivity contribution in [3.05, 3.63) is 60.2 Å². The third kappa shape index (κ3) is 4.34. The van der Waals surface area contributed by atoms with Crippen LogP contribution in [-0.4, -0.2) is 23.3 Å². The molecule has 2 aromatic rings. The monoisotopic (exact) mass is 297 g/mol. The molecule has 0 aliphatic rings. The van der Waals surface area contributed by atoms with Crippen LogP contribution >= 0.6 is 0 Å². The molecule has 0 aliphatic heterocycles. The molecule has 0 radical (unpaired) electrons.